The van der Waals surface area contributed by atoms with Crippen molar-refractivity contribution in [2.75, 3.05) is 6.61 Å². The van der Waals surface area contributed by atoms with E-state index in [0.29, 0.717) is 12.0 Å². The van der Waals surface area contributed by atoms with E-state index in [-0.39, 0.29) is 17.6 Å². The maximum atomic E-state index is 6.13. The molecule has 4 atom stereocenters. The van der Waals surface area contributed by atoms with Crippen molar-refractivity contribution in [2.24, 2.45) is 5.92 Å². The largest absolute Gasteiger partial charge is 0.374 e. The third-order valence-electron chi connectivity index (χ3n) is 2.91. The lowest BCUT2D eigenvalue weighted by Gasteiger charge is -2.42. The first-order chi connectivity index (χ1) is 7.54. The van der Waals surface area contributed by atoms with Gasteiger partial charge >= 0.3 is 0 Å². The highest BCUT2D eigenvalue weighted by Gasteiger charge is 2.42. The number of ether oxygens (including phenoxy) is 2. The summed E-state index contributed by atoms with van der Waals surface area (Å²) in [6, 6.07) is 0. The summed E-state index contributed by atoms with van der Waals surface area (Å²) in [7, 11) is 0. The molecule has 0 aliphatic heterocycles. The Kier molecular flexibility index (Phi) is 6.09. The molecule has 1 rings (SSSR count). The van der Waals surface area contributed by atoms with Crippen LogP contribution >= 0.6 is 11.6 Å². The Labute approximate surface area is 105 Å². The van der Waals surface area contributed by atoms with Crippen molar-refractivity contribution >= 4 is 11.6 Å². The number of hydrogen-bond donors (Lipinski definition) is 0. The Bertz CT molecular complexity index is 196. The van der Waals surface area contributed by atoms with Crippen LogP contribution in [0, 0.1) is 5.92 Å². The molecule has 1 aliphatic carbocycles. The van der Waals surface area contributed by atoms with Crippen LogP contribution in [-0.4, -0.2) is 30.3 Å². The molecule has 3 heteroatoms. The molecule has 4 unspecified atom stereocenters. The van der Waals surface area contributed by atoms with Gasteiger partial charge in [0.15, 0.2) is 0 Å². The molecule has 0 aromatic heterocycles. The second-order valence-corrected chi connectivity index (χ2v) is 5.76. The topological polar surface area (TPSA) is 18.5 Å². The monoisotopic (exact) mass is 248 g/mol. The summed E-state index contributed by atoms with van der Waals surface area (Å²) in [6.45, 7) is 9.47. The van der Waals surface area contributed by atoms with Crippen LogP contribution in [0.25, 0.3) is 0 Å². The van der Waals surface area contributed by atoms with E-state index in [2.05, 4.69) is 27.7 Å². The molecule has 0 N–H and O–H groups in total. The van der Waals surface area contributed by atoms with Gasteiger partial charge in [-0.1, -0.05) is 20.8 Å². The van der Waals surface area contributed by atoms with E-state index in [0.717, 1.165) is 25.9 Å². The van der Waals surface area contributed by atoms with Gasteiger partial charge in [0, 0.05) is 6.61 Å². The zero-order valence-corrected chi connectivity index (χ0v) is 11.7. The van der Waals surface area contributed by atoms with Crippen molar-refractivity contribution in [3.05, 3.63) is 0 Å². The van der Waals surface area contributed by atoms with Crippen LogP contribution in [0.15, 0.2) is 0 Å². The molecular weight excluding hydrogens is 224 g/mol. The highest BCUT2D eigenvalue weighted by atomic mass is 35.5. The van der Waals surface area contributed by atoms with Crippen molar-refractivity contribution in [1.29, 1.82) is 0 Å². The van der Waals surface area contributed by atoms with Crippen molar-refractivity contribution in [3.63, 3.8) is 0 Å². The molecule has 2 nitrogen and oxygen atoms in total. The average Bonchev–Trinajstić information content (AvgIpc) is 2.16. The number of rotatable bonds is 7. The van der Waals surface area contributed by atoms with Gasteiger partial charge in [0.25, 0.3) is 0 Å². The second-order valence-electron chi connectivity index (χ2n) is 5.20. The molecular formula is C13H25ClO2. The Morgan fingerprint density at radius 2 is 2.00 bits per heavy atom. The predicted molar refractivity (Wildman–Crippen MR) is 68.1 cm³/mol. The first-order valence-electron chi connectivity index (χ1n) is 6.45. The molecule has 1 saturated carbocycles. The lowest BCUT2D eigenvalue weighted by molar-refractivity contribution is -0.147. The number of hydrogen-bond acceptors (Lipinski definition) is 2. The fourth-order valence-corrected chi connectivity index (χ4v) is 2.55. The van der Waals surface area contributed by atoms with Gasteiger partial charge in [-0.15, -0.1) is 11.6 Å². The fourth-order valence-electron chi connectivity index (χ4n) is 2.14. The van der Waals surface area contributed by atoms with E-state index >= 15 is 0 Å². The van der Waals surface area contributed by atoms with Crippen LogP contribution in [0.5, 0.6) is 0 Å². The molecule has 1 fully saturated rings. The van der Waals surface area contributed by atoms with Crippen LogP contribution in [0.4, 0.5) is 0 Å². The maximum absolute atomic E-state index is 6.13. The van der Waals surface area contributed by atoms with Gasteiger partial charge in [-0.2, -0.15) is 0 Å². The molecule has 0 aromatic carbocycles. The van der Waals surface area contributed by atoms with Crippen LogP contribution in [0.2, 0.25) is 0 Å². The lowest BCUT2D eigenvalue weighted by Crippen LogP contribution is -2.52. The zero-order chi connectivity index (χ0) is 12.1. The summed E-state index contributed by atoms with van der Waals surface area (Å²) >= 11 is 6.13. The van der Waals surface area contributed by atoms with Crippen LogP contribution in [-0.2, 0) is 9.47 Å². The summed E-state index contributed by atoms with van der Waals surface area (Å²) in [6.07, 6.45) is 3.69. The third kappa shape index (κ3) is 4.23. The third-order valence-corrected chi connectivity index (χ3v) is 3.33. The first kappa shape index (κ1) is 14.3. The Morgan fingerprint density at radius 3 is 2.50 bits per heavy atom. The van der Waals surface area contributed by atoms with E-state index in [1.54, 1.807) is 0 Å². The van der Waals surface area contributed by atoms with Gasteiger partial charge in [-0.3, -0.25) is 0 Å². The molecule has 1 aliphatic rings. The molecule has 0 radical (unpaired) electrons. The van der Waals surface area contributed by atoms with E-state index in [4.69, 9.17) is 21.1 Å². The quantitative estimate of drug-likeness (QED) is 0.641. The maximum Gasteiger partial charge on any atom is 0.100 e. The molecule has 0 saturated heterocycles. The molecule has 96 valence electrons. The van der Waals surface area contributed by atoms with E-state index in [1.807, 2.05) is 0 Å². The molecule has 0 spiro atoms. The van der Waals surface area contributed by atoms with E-state index in [9.17, 15) is 0 Å². The fraction of sp³-hybridized carbons (Fsp3) is 1.00. The summed E-state index contributed by atoms with van der Waals surface area (Å²) in [5.74, 6) is 0.678. The summed E-state index contributed by atoms with van der Waals surface area (Å²) in [4.78, 5) is 0. The molecule has 16 heavy (non-hydrogen) atoms. The van der Waals surface area contributed by atoms with Gasteiger partial charge in [0.05, 0.1) is 17.6 Å². The Morgan fingerprint density at radius 1 is 1.31 bits per heavy atom. The first-order valence-corrected chi connectivity index (χ1v) is 6.89. The minimum atomic E-state index is 0.108. The molecule has 0 bridgehead atoms. The van der Waals surface area contributed by atoms with Crippen molar-refractivity contribution < 1.29 is 9.47 Å². The van der Waals surface area contributed by atoms with Gasteiger partial charge in [-0.25, -0.2) is 0 Å². The van der Waals surface area contributed by atoms with Crippen LogP contribution in [0.1, 0.15) is 47.0 Å². The van der Waals surface area contributed by atoms with Crippen molar-refractivity contribution in [1.82, 2.24) is 0 Å². The van der Waals surface area contributed by atoms with Crippen LogP contribution in [0.3, 0.4) is 0 Å². The van der Waals surface area contributed by atoms with Gasteiger partial charge in [-0.05, 0) is 32.1 Å². The lowest BCUT2D eigenvalue weighted by atomic mass is 9.90. The number of halogens is 1. The smallest absolute Gasteiger partial charge is 0.100 e. The summed E-state index contributed by atoms with van der Waals surface area (Å²) < 4.78 is 11.7. The minimum absolute atomic E-state index is 0.108. The van der Waals surface area contributed by atoms with Gasteiger partial charge in [0.2, 0.25) is 0 Å². The molecule has 0 aromatic rings. The average molecular weight is 249 g/mol. The normalized spacial score (nSPS) is 31.5. The van der Waals surface area contributed by atoms with Gasteiger partial charge in [0.1, 0.15) is 6.10 Å². The van der Waals surface area contributed by atoms with Gasteiger partial charge < -0.3 is 9.47 Å². The van der Waals surface area contributed by atoms with Crippen molar-refractivity contribution in [3.8, 4) is 0 Å². The molecule has 0 amide bonds. The standard InChI is InChI=1S/C13H25ClO2/c1-5-6-15-13-11(14)8-12(13)16-10(4)7-9(2)3/h9-13H,5-8H2,1-4H3. The summed E-state index contributed by atoms with van der Waals surface area (Å²) in [5, 5.41) is 0.141. The van der Waals surface area contributed by atoms with E-state index < -0.39 is 0 Å². The second kappa shape index (κ2) is 6.83. The van der Waals surface area contributed by atoms with Crippen LogP contribution < -0.4 is 0 Å². The highest BCUT2D eigenvalue weighted by Crippen LogP contribution is 2.33. The number of alkyl halides is 1. The predicted octanol–water partition coefficient (Wildman–Crippen LogP) is 3.61. The SMILES string of the molecule is CCCOC1C(Cl)CC1OC(C)CC(C)C. The zero-order valence-electron chi connectivity index (χ0n) is 10.9. The summed E-state index contributed by atoms with van der Waals surface area (Å²) in [5.41, 5.74) is 0. The Balaban J connectivity index is 2.26. The van der Waals surface area contributed by atoms with Crippen molar-refractivity contribution in [2.45, 2.75) is 70.6 Å². The highest BCUT2D eigenvalue weighted by molar-refractivity contribution is 6.21. The van der Waals surface area contributed by atoms with E-state index in [1.165, 1.54) is 0 Å². The molecule has 0 heterocycles. The Hall–Kier alpha value is 0.210. The minimum Gasteiger partial charge on any atom is -0.374 e.